The molecule has 25 heavy (non-hydrogen) atoms. The number of amides is 1. The van der Waals surface area contributed by atoms with Crippen molar-refractivity contribution in [1.29, 1.82) is 0 Å². The van der Waals surface area contributed by atoms with E-state index < -0.39 is 0 Å². The second kappa shape index (κ2) is 7.79. The Bertz CT molecular complexity index is 793. The molecule has 1 heterocycles. The maximum Gasteiger partial charge on any atom is 0.227 e. The summed E-state index contributed by atoms with van der Waals surface area (Å²) in [6.45, 7) is 3.29. The van der Waals surface area contributed by atoms with Crippen molar-refractivity contribution in [3.05, 3.63) is 65.7 Å². The number of nitrogens with zero attached hydrogens (tertiary/aromatic N) is 1. The number of carbonyl (C=O) groups is 2. The van der Waals surface area contributed by atoms with Crippen LogP contribution in [0.3, 0.4) is 0 Å². The van der Waals surface area contributed by atoms with E-state index in [9.17, 15) is 9.59 Å². The van der Waals surface area contributed by atoms with Gasteiger partial charge in [0.05, 0.1) is 6.61 Å². The summed E-state index contributed by atoms with van der Waals surface area (Å²) in [6.07, 6.45) is 4.79. The molecule has 1 saturated heterocycles. The summed E-state index contributed by atoms with van der Waals surface area (Å²) in [5, 5.41) is 0. The van der Waals surface area contributed by atoms with Crippen LogP contribution in [0.25, 0.3) is 6.08 Å². The summed E-state index contributed by atoms with van der Waals surface area (Å²) in [6, 6.07) is 14.8. The molecule has 0 saturated carbocycles. The monoisotopic (exact) mass is 335 g/mol. The Kier molecular flexibility index (Phi) is 5.29. The molecule has 4 nitrogen and oxygen atoms in total. The van der Waals surface area contributed by atoms with Gasteiger partial charge in [0.25, 0.3) is 0 Å². The zero-order valence-electron chi connectivity index (χ0n) is 14.3. The van der Waals surface area contributed by atoms with Crippen LogP contribution in [0.5, 0.6) is 5.75 Å². The summed E-state index contributed by atoms with van der Waals surface area (Å²) >= 11 is 0. The Balaban J connectivity index is 1.71. The van der Waals surface area contributed by atoms with Gasteiger partial charge in [0.1, 0.15) is 5.75 Å². The van der Waals surface area contributed by atoms with E-state index in [2.05, 4.69) is 0 Å². The number of carbonyl (C=O) groups excluding carboxylic acids is 2. The fourth-order valence-electron chi connectivity index (χ4n) is 2.86. The fourth-order valence-corrected chi connectivity index (χ4v) is 2.86. The highest BCUT2D eigenvalue weighted by Gasteiger charge is 2.21. The van der Waals surface area contributed by atoms with Crippen LogP contribution in [0.4, 0.5) is 5.69 Å². The highest BCUT2D eigenvalue weighted by Crippen LogP contribution is 2.22. The zero-order valence-corrected chi connectivity index (χ0v) is 14.3. The van der Waals surface area contributed by atoms with Gasteiger partial charge in [-0.15, -0.1) is 0 Å². The molecular formula is C21H21NO3. The summed E-state index contributed by atoms with van der Waals surface area (Å²) in [7, 11) is 0. The molecule has 128 valence electrons. The first-order chi connectivity index (χ1) is 12.2. The minimum Gasteiger partial charge on any atom is -0.494 e. The lowest BCUT2D eigenvalue weighted by Crippen LogP contribution is -2.23. The highest BCUT2D eigenvalue weighted by molar-refractivity contribution is 6.08. The summed E-state index contributed by atoms with van der Waals surface area (Å²) in [5.74, 6) is 0.853. The molecule has 0 aromatic heterocycles. The SMILES string of the molecule is CCOc1ccc(/C=C/C(=O)c2cccc(N3CCCC3=O)c2)cc1. The largest absolute Gasteiger partial charge is 0.494 e. The molecule has 0 aliphatic carbocycles. The molecule has 0 radical (unpaired) electrons. The van der Waals surface area contributed by atoms with Crippen molar-refractivity contribution in [3.63, 3.8) is 0 Å². The molecule has 0 spiro atoms. The van der Waals surface area contributed by atoms with Gasteiger partial charge in [0.15, 0.2) is 5.78 Å². The average Bonchev–Trinajstić information content (AvgIpc) is 3.07. The average molecular weight is 335 g/mol. The van der Waals surface area contributed by atoms with E-state index in [1.807, 2.05) is 43.3 Å². The first-order valence-electron chi connectivity index (χ1n) is 8.53. The lowest BCUT2D eigenvalue weighted by atomic mass is 10.1. The van der Waals surface area contributed by atoms with E-state index in [1.165, 1.54) is 0 Å². The zero-order chi connectivity index (χ0) is 17.6. The quantitative estimate of drug-likeness (QED) is 0.589. The van der Waals surface area contributed by atoms with Crippen LogP contribution < -0.4 is 9.64 Å². The predicted octanol–water partition coefficient (Wildman–Crippen LogP) is 4.11. The summed E-state index contributed by atoms with van der Waals surface area (Å²) < 4.78 is 5.40. The normalized spacial score (nSPS) is 14.3. The second-order valence-corrected chi connectivity index (χ2v) is 5.90. The Morgan fingerprint density at radius 2 is 2.00 bits per heavy atom. The van der Waals surface area contributed by atoms with Crippen LogP contribution in [0.15, 0.2) is 54.6 Å². The first-order valence-corrected chi connectivity index (χ1v) is 8.53. The van der Waals surface area contributed by atoms with Crippen molar-refractivity contribution in [2.75, 3.05) is 18.1 Å². The van der Waals surface area contributed by atoms with Crippen LogP contribution in [-0.2, 0) is 4.79 Å². The van der Waals surface area contributed by atoms with E-state index in [-0.39, 0.29) is 11.7 Å². The van der Waals surface area contributed by atoms with Gasteiger partial charge in [0.2, 0.25) is 5.91 Å². The van der Waals surface area contributed by atoms with Gasteiger partial charge in [-0.1, -0.05) is 30.3 Å². The molecule has 2 aromatic rings. The van der Waals surface area contributed by atoms with Gasteiger partial charge in [-0.3, -0.25) is 9.59 Å². The van der Waals surface area contributed by atoms with E-state index in [4.69, 9.17) is 4.74 Å². The van der Waals surface area contributed by atoms with Crippen LogP contribution >= 0.6 is 0 Å². The smallest absolute Gasteiger partial charge is 0.227 e. The minimum absolute atomic E-state index is 0.0811. The maximum atomic E-state index is 12.4. The van der Waals surface area contributed by atoms with E-state index in [1.54, 1.807) is 29.2 Å². The molecule has 0 atom stereocenters. The first kappa shape index (κ1) is 17.0. The van der Waals surface area contributed by atoms with Crippen molar-refractivity contribution in [2.45, 2.75) is 19.8 Å². The Hall–Kier alpha value is -2.88. The van der Waals surface area contributed by atoms with Crippen LogP contribution in [0.2, 0.25) is 0 Å². The standard InChI is InChI=1S/C21H21NO3/c1-2-25-19-11-8-16(9-12-19)10-13-20(23)17-5-3-6-18(15-17)22-14-4-7-21(22)24/h3,5-6,8-13,15H,2,4,7,14H2,1H3/b13-10+. The number of hydrogen-bond acceptors (Lipinski definition) is 3. The molecular weight excluding hydrogens is 314 g/mol. The second-order valence-electron chi connectivity index (χ2n) is 5.90. The van der Waals surface area contributed by atoms with E-state index in [0.29, 0.717) is 18.6 Å². The van der Waals surface area contributed by atoms with Gasteiger partial charge in [-0.25, -0.2) is 0 Å². The van der Waals surface area contributed by atoms with Gasteiger partial charge in [-0.2, -0.15) is 0 Å². The van der Waals surface area contributed by atoms with Gasteiger partial charge in [0, 0.05) is 24.2 Å². The molecule has 1 amide bonds. The molecule has 1 aliphatic rings. The molecule has 2 aromatic carbocycles. The Labute approximate surface area is 147 Å². The van der Waals surface area contributed by atoms with Crippen LogP contribution in [0.1, 0.15) is 35.7 Å². The number of ether oxygens (including phenoxy) is 1. The third-order valence-electron chi connectivity index (χ3n) is 4.13. The topological polar surface area (TPSA) is 46.6 Å². The number of rotatable bonds is 6. The Morgan fingerprint density at radius 1 is 1.20 bits per heavy atom. The molecule has 4 heteroatoms. The van der Waals surface area contributed by atoms with Crippen molar-refractivity contribution < 1.29 is 14.3 Å². The summed E-state index contributed by atoms with van der Waals surface area (Å²) in [4.78, 5) is 26.0. The van der Waals surface area contributed by atoms with Gasteiger partial charge in [-0.05, 0) is 49.2 Å². The maximum absolute atomic E-state index is 12.4. The lowest BCUT2D eigenvalue weighted by Gasteiger charge is -2.16. The van der Waals surface area contributed by atoms with E-state index >= 15 is 0 Å². The van der Waals surface area contributed by atoms with E-state index in [0.717, 1.165) is 30.0 Å². The fraction of sp³-hybridized carbons (Fsp3) is 0.238. The number of benzene rings is 2. The number of hydrogen-bond donors (Lipinski definition) is 0. The van der Waals surface area contributed by atoms with Crippen molar-refractivity contribution in [1.82, 2.24) is 0 Å². The van der Waals surface area contributed by atoms with Crippen LogP contribution in [0, 0.1) is 0 Å². The van der Waals surface area contributed by atoms with Gasteiger partial charge >= 0.3 is 0 Å². The predicted molar refractivity (Wildman–Crippen MR) is 99.0 cm³/mol. The lowest BCUT2D eigenvalue weighted by molar-refractivity contribution is -0.117. The third-order valence-corrected chi connectivity index (χ3v) is 4.13. The minimum atomic E-state index is -0.0811. The van der Waals surface area contributed by atoms with Gasteiger partial charge < -0.3 is 9.64 Å². The third kappa shape index (κ3) is 4.15. The van der Waals surface area contributed by atoms with Crippen molar-refractivity contribution in [3.8, 4) is 5.75 Å². The van der Waals surface area contributed by atoms with Crippen LogP contribution in [-0.4, -0.2) is 24.8 Å². The molecule has 1 fully saturated rings. The molecule has 0 N–H and O–H groups in total. The summed E-state index contributed by atoms with van der Waals surface area (Å²) in [5.41, 5.74) is 2.31. The molecule has 0 bridgehead atoms. The number of anilines is 1. The Morgan fingerprint density at radius 3 is 2.68 bits per heavy atom. The molecule has 0 unspecified atom stereocenters. The highest BCUT2D eigenvalue weighted by atomic mass is 16.5. The van der Waals surface area contributed by atoms with Crippen molar-refractivity contribution in [2.24, 2.45) is 0 Å². The van der Waals surface area contributed by atoms with Crippen molar-refractivity contribution >= 4 is 23.5 Å². The molecule has 3 rings (SSSR count). The number of allylic oxidation sites excluding steroid dienone is 1. The number of ketones is 1. The molecule has 1 aliphatic heterocycles.